The number of anilines is 4. The second-order valence-electron chi connectivity index (χ2n) is 15.7. The van der Waals surface area contributed by atoms with E-state index in [1.807, 2.05) is 42.6 Å². The summed E-state index contributed by atoms with van der Waals surface area (Å²) in [5.41, 5.74) is 2.88. The molecule has 5 aromatic rings. The van der Waals surface area contributed by atoms with Crippen molar-refractivity contribution in [3.63, 3.8) is 0 Å². The van der Waals surface area contributed by atoms with E-state index >= 15 is 4.39 Å². The summed E-state index contributed by atoms with van der Waals surface area (Å²) in [5, 5.41) is 8.21. The van der Waals surface area contributed by atoms with Crippen LogP contribution in [0, 0.1) is 18.7 Å². The molecule has 15 nitrogen and oxygen atoms in total. The zero-order chi connectivity index (χ0) is 50.8. The van der Waals surface area contributed by atoms with Gasteiger partial charge in [0.2, 0.25) is 17.8 Å². The van der Waals surface area contributed by atoms with Crippen molar-refractivity contribution >= 4 is 52.5 Å². The van der Waals surface area contributed by atoms with Gasteiger partial charge < -0.3 is 15.5 Å². The van der Waals surface area contributed by atoms with Crippen LogP contribution < -0.4 is 20.9 Å². The normalized spacial score (nSPS) is 23.7. The molecule has 6 heterocycles. The summed E-state index contributed by atoms with van der Waals surface area (Å²) >= 11 is 0. The minimum absolute atomic E-state index is 0.127. The minimum atomic E-state index is -3.40. The molecule has 322 valence electrons. The fourth-order valence-electron chi connectivity index (χ4n) is 8.02. The molecule has 4 aliphatic heterocycles. The Hall–Kier alpha value is -6.91. The van der Waals surface area contributed by atoms with E-state index in [0.717, 1.165) is 22.8 Å². The van der Waals surface area contributed by atoms with Crippen LogP contribution in [0.15, 0.2) is 91.4 Å². The molecular weight excluding hydrogens is 804 g/mol. The van der Waals surface area contributed by atoms with E-state index in [1.165, 1.54) is 0 Å². The van der Waals surface area contributed by atoms with Gasteiger partial charge in [0.25, 0.3) is 17.7 Å². The maximum Gasteiger partial charge on any atom is 0.265 e. The summed E-state index contributed by atoms with van der Waals surface area (Å²) in [6.45, 7) is -10.2. The third-order valence-corrected chi connectivity index (χ3v) is 11.5. The average molecular weight is 859 g/mol. The lowest BCUT2D eigenvalue weighted by atomic mass is 9.95. The standard InChI is InChI=1S/C47H47FN10O5/c1-29-4-9-34(23-39(29)53-47-50-16-12-38(52-47)33-3-2-15-49-26-33)51-43(60)32-7-5-30(6-8-32)27-55-17-13-31(14-18-55)28-56-19-21-57(22-20-56)35-24-36-42(37(48)25-35)46(63)58(45(36)62)40-10-11-41(59)54-44(40)61/h2-9,12,15-16,23-26,31,40H,10-11,13-14,17-22,27-28H2,1H3,(H,51,60)(H,50,52,53)(H,54,59,61)/i19D2,20D2,21D2,22D2. The van der Waals surface area contributed by atoms with Crippen LogP contribution in [0.2, 0.25) is 0 Å². The Morgan fingerprint density at radius 2 is 1.70 bits per heavy atom. The summed E-state index contributed by atoms with van der Waals surface area (Å²) in [5.74, 6) is -5.68. The molecule has 0 bridgehead atoms. The van der Waals surface area contributed by atoms with Gasteiger partial charge in [0.15, 0.2) is 0 Å². The molecule has 9 rings (SSSR count). The Morgan fingerprint density at radius 1 is 0.905 bits per heavy atom. The van der Waals surface area contributed by atoms with E-state index < -0.39 is 78.3 Å². The van der Waals surface area contributed by atoms with E-state index in [-0.39, 0.29) is 36.1 Å². The number of imide groups is 2. The van der Waals surface area contributed by atoms with Crippen LogP contribution in [-0.4, -0.2) is 111 Å². The number of benzene rings is 3. The van der Waals surface area contributed by atoms with Crippen molar-refractivity contribution in [1.82, 2.24) is 35.0 Å². The summed E-state index contributed by atoms with van der Waals surface area (Å²) in [6, 6.07) is 18.0. The summed E-state index contributed by atoms with van der Waals surface area (Å²) < 4.78 is 87.9. The van der Waals surface area contributed by atoms with Crippen molar-refractivity contribution in [2.75, 3.05) is 61.2 Å². The smallest absolute Gasteiger partial charge is 0.265 e. The number of fused-ring (bicyclic) bond motifs is 1. The van der Waals surface area contributed by atoms with Gasteiger partial charge in [-0.15, -0.1) is 0 Å². The Kier molecular flexibility index (Phi) is 9.27. The maximum absolute atomic E-state index is 15.9. The van der Waals surface area contributed by atoms with Crippen LogP contribution in [0.25, 0.3) is 11.3 Å². The molecule has 3 N–H and O–H groups in total. The van der Waals surface area contributed by atoms with Gasteiger partial charge in [-0.1, -0.05) is 18.2 Å². The van der Waals surface area contributed by atoms with Crippen molar-refractivity contribution in [2.45, 2.75) is 45.2 Å². The lowest BCUT2D eigenvalue weighted by molar-refractivity contribution is -0.136. The highest BCUT2D eigenvalue weighted by Crippen LogP contribution is 2.34. The molecule has 63 heavy (non-hydrogen) atoms. The van der Waals surface area contributed by atoms with Crippen molar-refractivity contribution < 1.29 is 39.3 Å². The van der Waals surface area contributed by atoms with Crippen molar-refractivity contribution in [3.05, 3.63) is 125 Å². The number of aromatic nitrogens is 3. The van der Waals surface area contributed by atoms with Crippen LogP contribution >= 0.6 is 0 Å². The lowest BCUT2D eigenvalue weighted by Gasteiger charge is -2.39. The molecule has 1 atom stereocenters. The minimum Gasteiger partial charge on any atom is -0.369 e. The third kappa shape index (κ3) is 9.04. The molecule has 4 aliphatic rings. The Labute approximate surface area is 374 Å². The van der Waals surface area contributed by atoms with E-state index in [1.54, 1.807) is 48.9 Å². The van der Waals surface area contributed by atoms with Crippen LogP contribution in [0.1, 0.15) is 78.9 Å². The number of nitrogens with one attached hydrogen (secondary N) is 3. The van der Waals surface area contributed by atoms with Gasteiger partial charge in [0.05, 0.1) is 22.3 Å². The molecule has 2 aromatic heterocycles. The molecule has 3 fully saturated rings. The molecule has 0 aliphatic carbocycles. The number of carbonyl (C=O) groups is 5. The molecule has 5 amide bonds. The van der Waals surface area contributed by atoms with Gasteiger partial charge in [-0.3, -0.25) is 49.0 Å². The number of rotatable bonds is 11. The summed E-state index contributed by atoms with van der Waals surface area (Å²) in [7, 11) is 0. The third-order valence-electron chi connectivity index (χ3n) is 11.5. The number of aryl methyl sites for hydroxylation is 1. The second kappa shape index (κ2) is 17.8. The van der Waals surface area contributed by atoms with E-state index in [9.17, 15) is 24.0 Å². The van der Waals surface area contributed by atoms with Gasteiger partial charge in [-0.2, -0.15) is 0 Å². The molecule has 0 saturated carbocycles. The second-order valence-corrected chi connectivity index (χ2v) is 15.7. The fourth-order valence-corrected chi connectivity index (χ4v) is 8.02. The molecular formula is C47H47FN10O5. The van der Waals surface area contributed by atoms with Gasteiger partial charge >= 0.3 is 0 Å². The Balaban J connectivity index is 0.820. The number of piperidine rings is 2. The number of pyridine rings is 1. The highest BCUT2D eigenvalue weighted by Gasteiger charge is 2.46. The SMILES string of the molecule is [2H]C1([2H])N(CC2CCN(Cc3ccc(C(=O)Nc4ccc(C)c(Nc5nccc(-c6cccnc6)n5)c4)cc3)CC2)C([2H])([2H])C([2H])([2H])N(c2cc(F)c3c(c2)C(=O)N(C2CCC(=O)NC2=O)C3=O)C1([2H])[2H]. The molecule has 1 unspecified atom stereocenters. The van der Waals surface area contributed by atoms with Crippen molar-refractivity contribution in [1.29, 1.82) is 0 Å². The predicted molar refractivity (Wildman–Crippen MR) is 234 cm³/mol. The van der Waals surface area contributed by atoms with Crippen molar-refractivity contribution in [2.24, 2.45) is 5.92 Å². The van der Waals surface area contributed by atoms with Crippen LogP contribution in [0.4, 0.5) is 27.4 Å². The predicted octanol–water partition coefficient (Wildman–Crippen LogP) is 5.42. The van der Waals surface area contributed by atoms with Crippen LogP contribution in [0.5, 0.6) is 0 Å². The first-order valence-corrected chi connectivity index (χ1v) is 20.5. The van der Waals surface area contributed by atoms with E-state index in [0.29, 0.717) is 76.9 Å². The van der Waals surface area contributed by atoms with Gasteiger partial charge in [0, 0.05) is 97.8 Å². The first-order chi connectivity index (χ1) is 33.6. The largest absolute Gasteiger partial charge is 0.369 e. The topological polar surface area (TPSA) is 173 Å². The maximum atomic E-state index is 15.9. The first-order valence-electron chi connectivity index (χ1n) is 24.5. The molecule has 0 spiro atoms. The first kappa shape index (κ1) is 32.8. The highest BCUT2D eigenvalue weighted by atomic mass is 19.1. The molecule has 0 radical (unpaired) electrons. The zero-order valence-electron chi connectivity index (χ0n) is 42.0. The van der Waals surface area contributed by atoms with E-state index in [2.05, 4.69) is 30.5 Å². The fraction of sp³-hybridized carbons (Fsp3) is 0.319. The number of carbonyl (C=O) groups excluding carboxylic acids is 5. The zero-order valence-corrected chi connectivity index (χ0v) is 34.0. The van der Waals surface area contributed by atoms with Gasteiger partial charge in [0.1, 0.15) is 11.9 Å². The van der Waals surface area contributed by atoms with E-state index in [4.69, 9.17) is 11.0 Å². The number of piperazine rings is 1. The number of likely N-dealkylation sites (tertiary alicyclic amines) is 1. The molecule has 3 aromatic carbocycles. The van der Waals surface area contributed by atoms with Crippen LogP contribution in [-0.2, 0) is 16.1 Å². The van der Waals surface area contributed by atoms with Gasteiger partial charge in [-0.25, -0.2) is 14.4 Å². The quantitative estimate of drug-likeness (QED) is 0.144. The summed E-state index contributed by atoms with van der Waals surface area (Å²) in [4.78, 5) is 80.9. The molecule has 16 heteroatoms. The highest BCUT2D eigenvalue weighted by molar-refractivity contribution is 6.24. The number of hydrogen-bond donors (Lipinski definition) is 3. The average Bonchev–Trinajstić information content (AvgIpc) is 3.57. The molecule has 3 saturated heterocycles. The summed E-state index contributed by atoms with van der Waals surface area (Å²) in [6.07, 6.45) is 5.49. The number of nitrogens with zero attached hydrogens (tertiary/aromatic N) is 7. The van der Waals surface area contributed by atoms with Crippen LogP contribution in [0.3, 0.4) is 0 Å². The number of amides is 5. The monoisotopic (exact) mass is 858 g/mol. The number of hydrogen-bond acceptors (Lipinski definition) is 12. The van der Waals surface area contributed by atoms with Gasteiger partial charge in [-0.05, 0) is 111 Å². The Morgan fingerprint density at radius 3 is 2.44 bits per heavy atom. The number of halogens is 1. The Bertz CT molecular complexity index is 2940. The lowest BCUT2D eigenvalue weighted by Crippen LogP contribution is -2.54. The van der Waals surface area contributed by atoms with Crippen molar-refractivity contribution in [3.8, 4) is 11.3 Å².